The zero-order valence-electron chi connectivity index (χ0n) is 16.3. The van der Waals surface area contributed by atoms with E-state index in [4.69, 9.17) is 0 Å². The average Bonchev–Trinajstić information content (AvgIpc) is 2.63. The van der Waals surface area contributed by atoms with Crippen molar-refractivity contribution in [3.8, 4) is 0 Å². The summed E-state index contributed by atoms with van der Waals surface area (Å²) in [6.07, 6.45) is 1.98. The number of nitrogens with zero attached hydrogens (tertiary/aromatic N) is 3. The zero-order chi connectivity index (χ0) is 20.4. The predicted octanol–water partition coefficient (Wildman–Crippen LogP) is 0.228. The van der Waals surface area contributed by atoms with E-state index in [1.807, 2.05) is 43.3 Å². The second-order valence-corrected chi connectivity index (χ2v) is 8.41. The lowest BCUT2D eigenvalue weighted by atomic mass is 10.0. The average molecular weight is 394 g/mol. The van der Waals surface area contributed by atoms with Gasteiger partial charge < -0.3 is 9.47 Å². The lowest BCUT2D eigenvalue weighted by Gasteiger charge is -2.25. The summed E-state index contributed by atoms with van der Waals surface area (Å²) in [4.78, 5) is 25.4. The fourth-order valence-electron chi connectivity index (χ4n) is 2.80. The summed E-state index contributed by atoms with van der Waals surface area (Å²) in [5.74, 6) is 0. The van der Waals surface area contributed by atoms with Crippen molar-refractivity contribution in [2.45, 2.75) is 24.3 Å². The van der Waals surface area contributed by atoms with Crippen molar-refractivity contribution in [1.82, 2.24) is 18.8 Å². The van der Waals surface area contributed by atoms with Gasteiger partial charge in [0.25, 0.3) is 5.56 Å². The summed E-state index contributed by atoms with van der Waals surface area (Å²) in [6, 6.07) is 7.78. The Morgan fingerprint density at radius 1 is 1.11 bits per heavy atom. The van der Waals surface area contributed by atoms with Crippen molar-refractivity contribution in [3.63, 3.8) is 0 Å². The standard InChI is InChI=1S/C18H26N4O4S/c1-6-13-7-9-14(10-8-13)15(20(2)3)11-19-27(25,26)16-12-21(4)18(24)22(5)17(16)23/h7-10,12,15,19H,6,11H2,1-5H3. The summed E-state index contributed by atoms with van der Waals surface area (Å²) in [5.41, 5.74) is 0.735. The fourth-order valence-corrected chi connectivity index (χ4v) is 4.00. The third-order valence-corrected chi connectivity index (χ3v) is 5.97. The third-order valence-electron chi connectivity index (χ3n) is 4.57. The van der Waals surface area contributed by atoms with Gasteiger partial charge in [0.15, 0.2) is 4.90 Å². The summed E-state index contributed by atoms with van der Waals surface area (Å²) in [5, 5.41) is 0. The molecule has 0 aliphatic heterocycles. The first kappa shape index (κ1) is 21.1. The first-order valence-electron chi connectivity index (χ1n) is 8.60. The number of likely N-dealkylation sites (N-methyl/N-ethyl adjacent to an activating group) is 1. The first-order chi connectivity index (χ1) is 12.6. The predicted molar refractivity (Wildman–Crippen MR) is 104 cm³/mol. The number of hydrogen-bond donors (Lipinski definition) is 1. The number of hydrogen-bond acceptors (Lipinski definition) is 5. The molecule has 1 aromatic heterocycles. The third kappa shape index (κ3) is 4.55. The molecule has 0 amide bonds. The van der Waals surface area contributed by atoms with Gasteiger partial charge in [-0.2, -0.15) is 0 Å². The van der Waals surface area contributed by atoms with Gasteiger partial charge >= 0.3 is 5.69 Å². The largest absolute Gasteiger partial charge is 0.330 e. The van der Waals surface area contributed by atoms with Crippen molar-refractivity contribution >= 4 is 10.0 Å². The zero-order valence-corrected chi connectivity index (χ0v) is 17.1. The van der Waals surface area contributed by atoms with Crippen LogP contribution in [0.5, 0.6) is 0 Å². The van der Waals surface area contributed by atoms with Gasteiger partial charge in [0.2, 0.25) is 10.0 Å². The van der Waals surface area contributed by atoms with Crippen LogP contribution < -0.4 is 16.0 Å². The number of sulfonamides is 1. The minimum atomic E-state index is -4.07. The molecule has 0 aliphatic carbocycles. The number of benzene rings is 1. The fraction of sp³-hybridized carbons (Fsp3) is 0.444. The molecule has 0 saturated carbocycles. The molecule has 0 spiro atoms. The Balaban J connectivity index is 2.31. The molecule has 0 radical (unpaired) electrons. The Labute approximate surface area is 159 Å². The van der Waals surface area contributed by atoms with Gasteiger partial charge in [-0.05, 0) is 31.6 Å². The van der Waals surface area contributed by atoms with Crippen LogP contribution in [-0.2, 0) is 30.5 Å². The molecule has 0 saturated heterocycles. The second kappa shape index (κ2) is 8.20. The van der Waals surface area contributed by atoms with Gasteiger partial charge in [-0.3, -0.25) is 9.36 Å². The molecule has 1 N–H and O–H groups in total. The number of nitrogens with one attached hydrogen (secondary N) is 1. The first-order valence-corrected chi connectivity index (χ1v) is 10.1. The van der Waals surface area contributed by atoms with Gasteiger partial charge in [-0.15, -0.1) is 0 Å². The molecule has 1 heterocycles. The van der Waals surface area contributed by atoms with E-state index in [0.29, 0.717) is 0 Å². The van der Waals surface area contributed by atoms with Crippen molar-refractivity contribution < 1.29 is 8.42 Å². The van der Waals surface area contributed by atoms with E-state index in [9.17, 15) is 18.0 Å². The summed E-state index contributed by atoms with van der Waals surface area (Å²) in [6.45, 7) is 2.16. The minimum absolute atomic E-state index is 0.0901. The molecule has 148 valence electrons. The molecule has 0 aliphatic rings. The highest BCUT2D eigenvalue weighted by Crippen LogP contribution is 2.19. The maximum Gasteiger partial charge on any atom is 0.330 e. The van der Waals surface area contributed by atoms with Crippen LogP contribution in [0.15, 0.2) is 44.9 Å². The molecular formula is C18H26N4O4S. The van der Waals surface area contributed by atoms with Crippen molar-refractivity contribution in [2.24, 2.45) is 14.1 Å². The highest BCUT2D eigenvalue weighted by Gasteiger charge is 2.24. The van der Waals surface area contributed by atoms with Crippen molar-refractivity contribution in [2.75, 3.05) is 20.6 Å². The van der Waals surface area contributed by atoms with Gasteiger partial charge in [0, 0.05) is 32.9 Å². The van der Waals surface area contributed by atoms with Gasteiger partial charge in [0.05, 0.1) is 0 Å². The lowest BCUT2D eigenvalue weighted by molar-refractivity contribution is 0.299. The summed E-state index contributed by atoms with van der Waals surface area (Å²) < 4.78 is 29.7. The van der Waals surface area contributed by atoms with Crippen LogP contribution in [0.4, 0.5) is 0 Å². The van der Waals surface area contributed by atoms with E-state index >= 15 is 0 Å². The molecule has 1 unspecified atom stereocenters. The van der Waals surface area contributed by atoms with E-state index in [1.165, 1.54) is 19.7 Å². The monoisotopic (exact) mass is 394 g/mol. The van der Waals surface area contributed by atoms with Crippen molar-refractivity contribution in [1.29, 1.82) is 0 Å². The van der Waals surface area contributed by atoms with Crippen molar-refractivity contribution in [3.05, 3.63) is 62.4 Å². The SMILES string of the molecule is CCc1ccc(C(CNS(=O)(=O)c2cn(C)c(=O)n(C)c2=O)N(C)C)cc1. The van der Waals surface area contributed by atoms with Gasteiger partial charge in [-0.25, -0.2) is 17.9 Å². The normalized spacial score (nSPS) is 13.1. The Morgan fingerprint density at radius 3 is 2.22 bits per heavy atom. The van der Waals surface area contributed by atoms with E-state index in [-0.39, 0.29) is 12.6 Å². The molecule has 2 aromatic rings. The van der Waals surface area contributed by atoms with Gasteiger partial charge in [0.1, 0.15) is 0 Å². The molecule has 2 rings (SSSR count). The van der Waals surface area contributed by atoms with Crippen LogP contribution in [0.25, 0.3) is 0 Å². The minimum Gasteiger partial charge on any atom is -0.302 e. The molecule has 1 aromatic carbocycles. The lowest BCUT2D eigenvalue weighted by Crippen LogP contribution is -2.42. The highest BCUT2D eigenvalue weighted by molar-refractivity contribution is 7.89. The van der Waals surface area contributed by atoms with Crippen LogP contribution in [-0.4, -0.2) is 43.1 Å². The van der Waals surface area contributed by atoms with E-state index in [1.54, 1.807) is 0 Å². The topological polar surface area (TPSA) is 93.4 Å². The summed E-state index contributed by atoms with van der Waals surface area (Å²) >= 11 is 0. The maximum atomic E-state index is 12.7. The quantitative estimate of drug-likeness (QED) is 0.726. The molecule has 27 heavy (non-hydrogen) atoms. The number of aromatic nitrogens is 2. The van der Waals surface area contributed by atoms with Crippen LogP contribution in [0.2, 0.25) is 0 Å². The number of aryl methyl sites for hydroxylation is 2. The Kier molecular flexibility index (Phi) is 6.40. The number of rotatable bonds is 7. The van der Waals surface area contributed by atoms with Crippen LogP contribution in [0.3, 0.4) is 0 Å². The molecule has 1 atom stereocenters. The molecule has 8 nitrogen and oxygen atoms in total. The Hall–Kier alpha value is -2.23. The maximum absolute atomic E-state index is 12.7. The van der Waals surface area contributed by atoms with Crippen LogP contribution >= 0.6 is 0 Å². The van der Waals surface area contributed by atoms with Gasteiger partial charge in [-0.1, -0.05) is 31.2 Å². The van der Waals surface area contributed by atoms with Crippen LogP contribution in [0.1, 0.15) is 24.1 Å². The highest BCUT2D eigenvalue weighted by atomic mass is 32.2. The molecule has 9 heteroatoms. The summed E-state index contributed by atoms with van der Waals surface area (Å²) in [7, 11) is 2.30. The molecule has 0 fully saturated rings. The smallest absolute Gasteiger partial charge is 0.302 e. The van der Waals surface area contributed by atoms with E-state index in [0.717, 1.165) is 27.3 Å². The Bertz CT molecular complexity index is 1020. The second-order valence-electron chi connectivity index (χ2n) is 6.68. The van der Waals surface area contributed by atoms with E-state index < -0.39 is 26.2 Å². The van der Waals surface area contributed by atoms with Crippen LogP contribution in [0, 0.1) is 0 Å². The van der Waals surface area contributed by atoms with E-state index in [2.05, 4.69) is 11.6 Å². The molecule has 0 bridgehead atoms. The molecular weight excluding hydrogens is 368 g/mol. The Morgan fingerprint density at radius 2 is 1.70 bits per heavy atom.